The van der Waals surface area contributed by atoms with Gasteiger partial charge in [-0.1, -0.05) is 0 Å². The van der Waals surface area contributed by atoms with Crippen LogP contribution in [0.15, 0.2) is 12.1 Å². The molecule has 2 nitrogen and oxygen atoms in total. The third-order valence-corrected chi connectivity index (χ3v) is 3.21. The molecule has 0 bridgehead atoms. The summed E-state index contributed by atoms with van der Waals surface area (Å²) >= 11 is 2.32. The second-order valence-corrected chi connectivity index (χ2v) is 4.11. The smallest absolute Gasteiger partial charge is 0.120 e. The monoisotopic (exact) mass is 275 g/mol. The molecule has 1 aromatic carbocycles. The quantitative estimate of drug-likeness (QED) is 0.705. The van der Waals surface area contributed by atoms with Gasteiger partial charge in [0.15, 0.2) is 0 Å². The summed E-state index contributed by atoms with van der Waals surface area (Å²) in [6.07, 6.45) is 1.03. The summed E-state index contributed by atoms with van der Waals surface area (Å²) in [6.45, 7) is 1.82. The zero-order valence-corrected chi connectivity index (χ0v) is 8.76. The van der Waals surface area contributed by atoms with E-state index < -0.39 is 0 Å². The summed E-state index contributed by atoms with van der Waals surface area (Å²) in [5.74, 6) is 0.428. The molecule has 0 aliphatic carbocycles. The first-order valence-corrected chi connectivity index (χ1v) is 5.07. The Morgan fingerprint density at radius 3 is 2.92 bits per heavy atom. The predicted octanol–water partition coefficient (Wildman–Crippen LogP) is 1.64. The highest BCUT2D eigenvalue weighted by Crippen LogP contribution is 2.27. The Hall–Kier alpha value is -0.290. The maximum Gasteiger partial charge on any atom is 0.120 e. The maximum absolute atomic E-state index is 9.54. The molecular formula is C9H10INO. The molecule has 2 rings (SSSR count). The van der Waals surface area contributed by atoms with Crippen molar-refractivity contribution in [2.75, 3.05) is 6.54 Å². The van der Waals surface area contributed by atoms with E-state index in [2.05, 4.69) is 27.9 Å². The van der Waals surface area contributed by atoms with Crippen molar-refractivity contribution in [1.82, 2.24) is 5.32 Å². The van der Waals surface area contributed by atoms with E-state index in [-0.39, 0.29) is 0 Å². The fourth-order valence-electron chi connectivity index (χ4n) is 1.55. The molecule has 0 fully saturated rings. The molecule has 0 amide bonds. The van der Waals surface area contributed by atoms with Gasteiger partial charge in [-0.25, -0.2) is 0 Å². The third kappa shape index (κ3) is 1.31. The minimum Gasteiger partial charge on any atom is -0.508 e. The predicted molar refractivity (Wildman–Crippen MR) is 56.2 cm³/mol. The number of halogens is 1. The van der Waals surface area contributed by atoms with Crippen LogP contribution in [0.5, 0.6) is 5.75 Å². The third-order valence-electron chi connectivity index (χ3n) is 2.20. The Morgan fingerprint density at radius 1 is 1.33 bits per heavy atom. The minimum atomic E-state index is 0.428. The molecule has 2 N–H and O–H groups in total. The first-order valence-electron chi connectivity index (χ1n) is 3.99. The zero-order chi connectivity index (χ0) is 8.55. The number of benzene rings is 1. The SMILES string of the molecule is Oc1ccc(I)c2c1CNCC2. The number of phenols is 1. The summed E-state index contributed by atoms with van der Waals surface area (Å²) in [4.78, 5) is 0. The standard InChI is InChI=1S/C9H10INO/c10-8-1-2-9(12)7-5-11-4-3-6(7)8/h1-2,11-12H,3-5H2. The molecule has 12 heavy (non-hydrogen) atoms. The van der Waals surface area contributed by atoms with Crippen molar-refractivity contribution in [2.24, 2.45) is 0 Å². The first-order chi connectivity index (χ1) is 5.79. The van der Waals surface area contributed by atoms with Crippen molar-refractivity contribution in [3.05, 3.63) is 26.8 Å². The van der Waals surface area contributed by atoms with Gasteiger partial charge in [0.25, 0.3) is 0 Å². The van der Waals surface area contributed by atoms with E-state index in [1.165, 1.54) is 9.13 Å². The molecule has 3 heteroatoms. The van der Waals surface area contributed by atoms with Crippen molar-refractivity contribution < 1.29 is 5.11 Å². The van der Waals surface area contributed by atoms with E-state index in [4.69, 9.17) is 0 Å². The van der Waals surface area contributed by atoms with Crippen LogP contribution >= 0.6 is 22.6 Å². The van der Waals surface area contributed by atoms with Crippen LogP contribution in [0.3, 0.4) is 0 Å². The van der Waals surface area contributed by atoms with Gasteiger partial charge in [-0.3, -0.25) is 0 Å². The van der Waals surface area contributed by atoms with Crippen molar-refractivity contribution in [3.63, 3.8) is 0 Å². The van der Waals surface area contributed by atoms with Gasteiger partial charge in [0.05, 0.1) is 0 Å². The van der Waals surface area contributed by atoms with Gasteiger partial charge in [-0.05, 0) is 53.3 Å². The molecule has 1 aromatic rings. The average molecular weight is 275 g/mol. The van der Waals surface area contributed by atoms with E-state index in [0.29, 0.717) is 5.75 Å². The zero-order valence-electron chi connectivity index (χ0n) is 6.60. The summed E-state index contributed by atoms with van der Waals surface area (Å²) in [5, 5.41) is 12.8. The molecule has 0 aromatic heterocycles. The number of hydrogen-bond acceptors (Lipinski definition) is 2. The lowest BCUT2D eigenvalue weighted by Crippen LogP contribution is -2.24. The number of phenolic OH excluding ortho intramolecular Hbond substituents is 1. The Balaban J connectivity index is 2.57. The van der Waals surface area contributed by atoms with Gasteiger partial charge in [0.1, 0.15) is 5.75 Å². The highest BCUT2D eigenvalue weighted by atomic mass is 127. The minimum absolute atomic E-state index is 0.428. The van der Waals surface area contributed by atoms with Gasteiger partial charge in [-0.15, -0.1) is 0 Å². The summed E-state index contributed by atoms with van der Waals surface area (Å²) in [7, 11) is 0. The van der Waals surface area contributed by atoms with Crippen molar-refractivity contribution in [1.29, 1.82) is 0 Å². The van der Waals surface area contributed by atoms with Crippen LogP contribution in [0.1, 0.15) is 11.1 Å². The lowest BCUT2D eigenvalue weighted by Gasteiger charge is -2.19. The molecule has 0 unspecified atom stereocenters. The van der Waals surface area contributed by atoms with Gasteiger partial charge >= 0.3 is 0 Å². The molecule has 1 aliphatic heterocycles. The summed E-state index contributed by atoms with van der Waals surface area (Å²) < 4.78 is 1.27. The van der Waals surface area contributed by atoms with Crippen LogP contribution < -0.4 is 5.32 Å². The van der Waals surface area contributed by atoms with E-state index in [1.54, 1.807) is 6.07 Å². The number of nitrogens with one attached hydrogen (secondary N) is 1. The summed E-state index contributed by atoms with van der Waals surface area (Å²) in [5.41, 5.74) is 2.39. The lowest BCUT2D eigenvalue weighted by molar-refractivity contribution is 0.458. The number of hydrogen-bond donors (Lipinski definition) is 2. The normalized spacial score (nSPS) is 15.8. The molecule has 64 valence electrons. The number of rotatable bonds is 0. The van der Waals surface area contributed by atoms with Gasteiger partial charge in [0.2, 0.25) is 0 Å². The number of aromatic hydroxyl groups is 1. The second kappa shape index (κ2) is 3.22. The molecule has 0 saturated heterocycles. The van der Waals surface area contributed by atoms with Crippen LogP contribution in [0, 0.1) is 3.57 Å². The van der Waals surface area contributed by atoms with Crippen LogP contribution in [0.4, 0.5) is 0 Å². The average Bonchev–Trinajstić information content (AvgIpc) is 2.12. The van der Waals surface area contributed by atoms with Crippen molar-refractivity contribution in [2.45, 2.75) is 13.0 Å². The van der Waals surface area contributed by atoms with Gasteiger partial charge in [0, 0.05) is 15.7 Å². The Kier molecular flexibility index (Phi) is 2.23. The second-order valence-electron chi connectivity index (χ2n) is 2.95. The lowest BCUT2D eigenvalue weighted by atomic mass is 10.0. The molecule has 1 heterocycles. The number of fused-ring (bicyclic) bond motifs is 1. The fourth-order valence-corrected chi connectivity index (χ4v) is 2.32. The molecule has 1 aliphatic rings. The van der Waals surface area contributed by atoms with Gasteiger partial charge in [-0.2, -0.15) is 0 Å². The largest absolute Gasteiger partial charge is 0.508 e. The summed E-state index contributed by atoms with van der Waals surface area (Å²) in [6, 6.07) is 3.74. The first kappa shape index (κ1) is 8.31. The molecule has 0 saturated carbocycles. The maximum atomic E-state index is 9.54. The van der Waals surface area contributed by atoms with Crippen molar-refractivity contribution >= 4 is 22.6 Å². The highest BCUT2D eigenvalue weighted by molar-refractivity contribution is 14.1. The van der Waals surface area contributed by atoms with E-state index >= 15 is 0 Å². The van der Waals surface area contributed by atoms with Crippen LogP contribution in [-0.4, -0.2) is 11.7 Å². The molecular weight excluding hydrogens is 265 g/mol. The van der Waals surface area contributed by atoms with E-state index in [0.717, 1.165) is 25.1 Å². The topological polar surface area (TPSA) is 32.3 Å². The fraction of sp³-hybridized carbons (Fsp3) is 0.333. The Labute approximate surface area is 85.1 Å². The Bertz CT molecular complexity index is 281. The van der Waals surface area contributed by atoms with Gasteiger partial charge < -0.3 is 10.4 Å². The Morgan fingerprint density at radius 2 is 2.17 bits per heavy atom. The van der Waals surface area contributed by atoms with Crippen LogP contribution in [0.25, 0.3) is 0 Å². The van der Waals surface area contributed by atoms with Crippen molar-refractivity contribution in [3.8, 4) is 5.75 Å². The van der Waals surface area contributed by atoms with Crippen LogP contribution in [0.2, 0.25) is 0 Å². The van der Waals surface area contributed by atoms with Crippen LogP contribution in [-0.2, 0) is 13.0 Å². The molecule has 0 atom stereocenters. The molecule has 0 radical (unpaired) electrons. The molecule has 0 spiro atoms. The highest BCUT2D eigenvalue weighted by Gasteiger charge is 2.14. The van der Waals surface area contributed by atoms with E-state index in [9.17, 15) is 5.11 Å². The van der Waals surface area contributed by atoms with E-state index in [1.807, 2.05) is 6.07 Å².